The number of rotatable bonds is 5. The quantitative estimate of drug-likeness (QED) is 0.896. The molecule has 2 heterocycles. The van der Waals surface area contributed by atoms with Crippen LogP contribution in [0.4, 0.5) is 0 Å². The Morgan fingerprint density at radius 3 is 2.86 bits per heavy atom. The van der Waals surface area contributed by atoms with Gasteiger partial charge in [0.05, 0.1) is 0 Å². The molecule has 0 atom stereocenters. The molecular weight excluding hydrogens is 272 g/mol. The molecule has 0 aliphatic heterocycles. The zero-order valence-corrected chi connectivity index (χ0v) is 12.3. The molecule has 0 saturated carbocycles. The molecule has 2 aromatic heterocycles. The Bertz CT molecular complexity index is 590. The van der Waals surface area contributed by atoms with Crippen molar-refractivity contribution in [3.8, 4) is 6.08 Å². The third-order valence-electron chi connectivity index (χ3n) is 2.62. The van der Waals surface area contributed by atoms with Crippen LogP contribution in [0, 0.1) is 0 Å². The van der Waals surface area contributed by atoms with Crippen molar-refractivity contribution < 1.29 is 14.1 Å². The Hall–Kier alpha value is -2.44. The molecule has 112 valence electrons. The molecule has 0 aliphatic carbocycles. The standard InChI is InChI=1S/C14H18N4O3/c1-14(2,3)12-17-13(21-18-12)20-9-11(19)16-8-10-5-4-6-15-7-10/h4-7H,8-9H2,1-3H3,(H,16,19). The van der Waals surface area contributed by atoms with Crippen molar-refractivity contribution >= 4 is 5.91 Å². The largest absolute Gasteiger partial charge is 0.439 e. The molecule has 2 rings (SSSR count). The highest BCUT2D eigenvalue weighted by molar-refractivity contribution is 5.77. The third kappa shape index (κ3) is 4.55. The van der Waals surface area contributed by atoms with Gasteiger partial charge in [-0.25, -0.2) is 0 Å². The van der Waals surface area contributed by atoms with E-state index >= 15 is 0 Å². The van der Waals surface area contributed by atoms with E-state index in [0.717, 1.165) is 5.56 Å². The second kappa shape index (κ2) is 6.34. The topological polar surface area (TPSA) is 90.1 Å². The molecule has 0 bridgehead atoms. The van der Waals surface area contributed by atoms with E-state index < -0.39 is 0 Å². The van der Waals surface area contributed by atoms with Gasteiger partial charge in [-0.3, -0.25) is 14.3 Å². The summed E-state index contributed by atoms with van der Waals surface area (Å²) in [5.41, 5.74) is 0.687. The SMILES string of the molecule is CC(C)(C)c1noc(OCC(=O)NCc2cccnc2)n1. The first-order valence-electron chi connectivity index (χ1n) is 6.58. The fraction of sp³-hybridized carbons (Fsp3) is 0.429. The highest BCUT2D eigenvalue weighted by Crippen LogP contribution is 2.20. The van der Waals surface area contributed by atoms with Crippen LogP contribution in [0.1, 0.15) is 32.2 Å². The number of carbonyl (C=O) groups is 1. The highest BCUT2D eigenvalue weighted by Gasteiger charge is 2.21. The summed E-state index contributed by atoms with van der Waals surface area (Å²) in [4.78, 5) is 19.7. The van der Waals surface area contributed by atoms with Gasteiger partial charge in [0.1, 0.15) is 0 Å². The molecule has 2 aromatic rings. The van der Waals surface area contributed by atoms with E-state index in [0.29, 0.717) is 12.4 Å². The molecule has 0 radical (unpaired) electrons. The summed E-state index contributed by atoms with van der Waals surface area (Å²) in [5.74, 6) is 0.266. The Morgan fingerprint density at radius 1 is 1.43 bits per heavy atom. The van der Waals surface area contributed by atoms with Crippen LogP contribution in [-0.2, 0) is 16.8 Å². The maximum absolute atomic E-state index is 11.6. The predicted molar refractivity (Wildman–Crippen MR) is 74.6 cm³/mol. The van der Waals surface area contributed by atoms with Crippen molar-refractivity contribution in [2.75, 3.05) is 6.61 Å². The number of hydrogen-bond acceptors (Lipinski definition) is 6. The van der Waals surface area contributed by atoms with E-state index in [2.05, 4.69) is 20.4 Å². The maximum Gasteiger partial charge on any atom is 0.417 e. The Morgan fingerprint density at radius 2 is 2.24 bits per heavy atom. The van der Waals surface area contributed by atoms with E-state index in [1.165, 1.54) is 0 Å². The average molecular weight is 290 g/mol. The molecule has 7 nitrogen and oxygen atoms in total. The van der Waals surface area contributed by atoms with E-state index in [4.69, 9.17) is 9.26 Å². The van der Waals surface area contributed by atoms with Crippen LogP contribution in [0.3, 0.4) is 0 Å². The molecule has 0 aliphatic rings. The van der Waals surface area contributed by atoms with Crippen LogP contribution >= 0.6 is 0 Å². The van der Waals surface area contributed by atoms with Crippen LogP contribution in [-0.4, -0.2) is 27.6 Å². The predicted octanol–water partition coefficient (Wildman–Crippen LogP) is 1.46. The zero-order valence-electron chi connectivity index (χ0n) is 12.3. The van der Waals surface area contributed by atoms with Crippen LogP contribution in [0.2, 0.25) is 0 Å². The smallest absolute Gasteiger partial charge is 0.417 e. The number of carbonyl (C=O) groups excluding carboxylic acids is 1. The first kappa shape index (κ1) is 15.0. The summed E-state index contributed by atoms with van der Waals surface area (Å²) in [6.45, 7) is 6.10. The van der Waals surface area contributed by atoms with Gasteiger partial charge in [-0.1, -0.05) is 32.0 Å². The van der Waals surface area contributed by atoms with Crippen molar-refractivity contribution in [2.24, 2.45) is 0 Å². The van der Waals surface area contributed by atoms with Gasteiger partial charge in [-0.2, -0.15) is 4.98 Å². The van der Waals surface area contributed by atoms with Gasteiger partial charge < -0.3 is 10.1 Å². The summed E-state index contributed by atoms with van der Waals surface area (Å²) in [5, 5.41) is 6.52. The normalized spacial score (nSPS) is 11.2. The Labute approximate surface area is 122 Å². The molecule has 1 amide bonds. The van der Waals surface area contributed by atoms with Crippen LogP contribution in [0.15, 0.2) is 29.0 Å². The van der Waals surface area contributed by atoms with Gasteiger partial charge in [0, 0.05) is 24.4 Å². The van der Waals surface area contributed by atoms with Crippen LogP contribution in [0.25, 0.3) is 0 Å². The van der Waals surface area contributed by atoms with Crippen molar-refractivity contribution in [1.82, 2.24) is 20.4 Å². The molecule has 7 heteroatoms. The van der Waals surface area contributed by atoms with Gasteiger partial charge in [0.15, 0.2) is 12.4 Å². The van der Waals surface area contributed by atoms with Gasteiger partial charge in [0.2, 0.25) is 0 Å². The summed E-state index contributed by atoms with van der Waals surface area (Å²) in [7, 11) is 0. The lowest BCUT2D eigenvalue weighted by Gasteiger charge is -2.10. The second-order valence-corrected chi connectivity index (χ2v) is 5.56. The van der Waals surface area contributed by atoms with E-state index in [1.807, 2.05) is 32.9 Å². The lowest BCUT2D eigenvalue weighted by molar-refractivity contribution is -0.123. The fourth-order valence-electron chi connectivity index (χ4n) is 1.45. The minimum absolute atomic E-state index is 0.00328. The summed E-state index contributed by atoms with van der Waals surface area (Å²) in [6, 6.07) is 3.69. The van der Waals surface area contributed by atoms with Gasteiger partial charge in [-0.05, 0) is 11.6 Å². The first-order chi connectivity index (χ1) is 9.95. The second-order valence-electron chi connectivity index (χ2n) is 5.56. The first-order valence-corrected chi connectivity index (χ1v) is 6.58. The number of ether oxygens (including phenoxy) is 1. The molecule has 0 unspecified atom stereocenters. The molecular formula is C14H18N4O3. The fourth-order valence-corrected chi connectivity index (χ4v) is 1.45. The van der Waals surface area contributed by atoms with E-state index in [1.54, 1.807) is 12.4 Å². The van der Waals surface area contributed by atoms with Crippen molar-refractivity contribution in [2.45, 2.75) is 32.7 Å². The van der Waals surface area contributed by atoms with Crippen molar-refractivity contribution in [1.29, 1.82) is 0 Å². The molecule has 0 spiro atoms. The minimum atomic E-state index is -0.269. The van der Waals surface area contributed by atoms with E-state index in [9.17, 15) is 4.79 Å². The number of nitrogens with zero attached hydrogens (tertiary/aromatic N) is 3. The van der Waals surface area contributed by atoms with Crippen molar-refractivity contribution in [3.63, 3.8) is 0 Å². The number of aromatic nitrogens is 3. The summed E-state index contributed by atoms with van der Waals surface area (Å²) < 4.78 is 10.1. The monoisotopic (exact) mass is 290 g/mol. The lowest BCUT2D eigenvalue weighted by atomic mass is 9.96. The van der Waals surface area contributed by atoms with E-state index in [-0.39, 0.29) is 24.0 Å². The molecule has 0 saturated heterocycles. The van der Waals surface area contributed by atoms with Crippen molar-refractivity contribution in [3.05, 3.63) is 35.9 Å². The molecule has 21 heavy (non-hydrogen) atoms. The summed E-state index contributed by atoms with van der Waals surface area (Å²) in [6.07, 6.45) is 3.36. The minimum Gasteiger partial charge on any atom is -0.439 e. The van der Waals surface area contributed by atoms with Crippen LogP contribution < -0.4 is 10.1 Å². The molecule has 0 aromatic carbocycles. The van der Waals surface area contributed by atoms with Gasteiger partial charge in [0.25, 0.3) is 5.91 Å². The zero-order chi connectivity index (χ0) is 15.3. The number of pyridine rings is 1. The summed E-state index contributed by atoms with van der Waals surface area (Å²) >= 11 is 0. The molecule has 1 N–H and O–H groups in total. The Kier molecular flexibility index (Phi) is 4.52. The highest BCUT2D eigenvalue weighted by atomic mass is 16.6. The number of nitrogens with one attached hydrogen (secondary N) is 1. The maximum atomic E-state index is 11.6. The Balaban J connectivity index is 1.78. The lowest BCUT2D eigenvalue weighted by Crippen LogP contribution is -2.28. The molecule has 0 fully saturated rings. The van der Waals surface area contributed by atoms with Gasteiger partial charge in [-0.15, -0.1) is 0 Å². The number of amides is 1. The average Bonchev–Trinajstić information content (AvgIpc) is 2.93. The van der Waals surface area contributed by atoms with Gasteiger partial charge >= 0.3 is 6.08 Å². The number of hydrogen-bond donors (Lipinski definition) is 1. The third-order valence-corrected chi connectivity index (χ3v) is 2.62. The van der Waals surface area contributed by atoms with Crippen LogP contribution in [0.5, 0.6) is 6.08 Å².